The molecule has 0 aromatic rings. The molecule has 2 atom stereocenters. The Bertz CT molecular complexity index is 248. The van der Waals surface area contributed by atoms with Crippen LogP contribution in [-0.2, 0) is 0 Å². The van der Waals surface area contributed by atoms with Crippen LogP contribution in [-0.4, -0.2) is 11.2 Å². The molecule has 0 aromatic heterocycles. The maximum Gasteiger partial charge on any atom is 0.0932 e. The van der Waals surface area contributed by atoms with Gasteiger partial charge in [0, 0.05) is 0 Å². The highest BCUT2D eigenvalue weighted by Gasteiger charge is 2.28. The van der Waals surface area contributed by atoms with E-state index in [9.17, 15) is 5.11 Å². The predicted molar refractivity (Wildman–Crippen MR) is 61.1 cm³/mol. The summed E-state index contributed by atoms with van der Waals surface area (Å²) in [4.78, 5) is 0. The number of allylic oxidation sites excluding steroid dienone is 2. The van der Waals surface area contributed by atoms with Crippen molar-refractivity contribution in [3.05, 3.63) is 23.8 Å². The molecule has 0 radical (unpaired) electrons. The van der Waals surface area contributed by atoms with E-state index >= 15 is 0 Å². The Hall–Kier alpha value is -0.560. The van der Waals surface area contributed by atoms with Crippen LogP contribution in [0.25, 0.3) is 0 Å². The predicted octanol–water partition coefficient (Wildman–Crippen LogP) is 3.31. The molecule has 2 unspecified atom stereocenters. The lowest BCUT2D eigenvalue weighted by Gasteiger charge is -2.34. The third-order valence-corrected chi connectivity index (χ3v) is 2.81. The van der Waals surface area contributed by atoms with Gasteiger partial charge in [0.15, 0.2) is 0 Å². The van der Waals surface area contributed by atoms with Gasteiger partial charge in [-0.3, -0.25) is 0 Å². The Morgan fingerprint density at radius 3 is 2.71 bits per heavy atom. The maximum atomic E-state index is 9.87. The minimum atomic E-state index is -0.373. The molecule has 14 heavy (non-hydrogen) atoms. The Kier molecular flexibility index (Phi) is 3.54. The number of rotatable bonds is 2. The molecule has 0 heterocycles. The molecule has 80 valence electrons. The minimum absolute atomic E-state index is 0.339. The van der Waals surface area contributed by atoms with Crippen LogP contribution in [0.2, 0.25) is 0 Å². The van der Waals surface area contributed by atoms with Crippen LogP contribution in [0, 0.1) is 11.3 Å². The van der Waals surface area contributed by atoms with Crippen molar-refractivity contribution < 1.29 is 5.11 Å². The van der Waals surface area contributed by atoms with Gasteiger partial charge in [0.2, 0.25) is 0 Å². The van der Waals surface area contributed by atoms with Crippen molar-refractivity contribution in [2.45, 2.75) is 46.6 Å². The van der Waals surface area contributed by atoms with Crippen molar-refractivity contribution in [2.24, 2.45) is 11.3 Å². The maximum absolute atomic E-state index is 9.87. The zero-order valence-corrected chi connectivity index (χ0v) is 9.75. The Morgan fingerprint density at radius 2 is 2.21 bits per heavy atom. The van der Waals surface area contributed by atoms with Gasteiger partial charge in [-0.1, -0.05) is 39.0 Å². The van der Waals surface area contributed by atoms with Crippen LogP contribution in [0.15, 0.2) is 23.8 Å². The molecule has 0 saturated heterocycles. The average Bonchev–Trinajstić information content (AvgIpc) is 2.00. The molecule has 1 aliphatic carbocycles. The van der Waals surface area contributed by atoms with E-state index < -0.39 is 0 Å². The van der Waals surface area contributed by atoms with Crippen LogP contribution < -0.4 is 0 Å². The van der Waals surface area contributed by atoms with E-state index in [-0.39, 0.29) is 6.10 Å². The highest BCUT2D eigenvalue weighted by atomic mass is 16.3. The summed E-state index contributed by atoms with van der Waals surface area (Å²) in [5, 5.41) is 9.87. The third kappa shape index (κ3) is 2.98. The molecule has 1 heteroatoms. The van der Waals surface area contributed by atoms with Gasteiger partial charge in [-0.25, -0.2) is 0 Å². The van der Waals surface area contributed by atoms with Gasteiger partial charge in [-0.05, 0) is 36.7 Å². The van der Waals surface area contributed by atoms with Gasteiger partial charge in [-0.2, -0.15) is 0 Å². The summed E-state index contributed by atoms with van der Waals surface area (Å²) in [6.07, 6.45) is 7.87. The standard InChI is InChI=1S/C13H22O/c1-5-6-12(14)11-7-10(2)8-13(3,4)9-11/h5-7,10,12,14H,8-9H2,1-4H3/b6-5+. The second-order valence-corrected chi connectivity index (χ2v) is 5.23. The zero-order valence-electron chi connectivity index (χ0n) is 9.75. The first kappa shape index (κ1) is 11.5. The van der Waals surface area contributed by atoms with Gasteiger partial charge in [0.1, 0.15) is 0 Å². The van der Waals surface area contributed by atoms with Crippen LogP contribution in [0.5, 0.6) is 0 Å². The lowest BCUT2D eigenvalue weighted by molar-refractivity contribution is 0.211. The quantitative estimate of drug-likeness (QED) is 0.669. The molecule has 0 amide bonds. The monoisotopic (exact) mass is 194 g/mol. The SMILES string of the molecule is C/C=C/C(O)C1=CC(C)CC(C)(C)C1. The van der Waals surface area contributed by atoms with Crippen molar-refractivity contribution in [2.75, 3.05) is 0 Å². The van der Waals surface area contributed by atoms with Gasteiger partial charge in [0.05, 0.1) is 6.10 Å². The molecule has 0 spiro atoms. The first-order valence-electron chi connectivity index (χ1n) is 5.46. The highest BCUT2D eigenvalue weighted by molar-refractivity contribution is 5.20. The molecular formula is C13H22O. The molecule has 0 fully saturated rings. The molecule has 1 aliphatic rings. The van der Waals surface area contributed by atoms with E-state index in [1.807, 2.05) is 19.1 Å². The van der Waals surface area contributed by atoms with E-state index in [2.05, 4.69) is 26.8 Å². The fourth-order valence-corrected chi connectivity index (χ4v) is 2.49. The van der Waals surface area contributed by atoms with E-state index in [1.54, 1.807) is 0 Å². The largest absolute Gasteiger partial charge is 0.385 e. The summed E-state index contributed by atoms with van der Waals surface area (Å²) in [7, 11) is 0. The topological polar surface area (TPSA) is 20.2 Å². The van der Waals surface area contributed by atoms with Crippen LogP contribution in [0.3, 0.4) is 0 Å². The fraction of sp³-hybridized carbons (Fsp3) is 0.692. The van der Waals surface area contributed by atoms with E-state index in [0.29, 0.717) is 11.3 Å². The number of hydrogen-bond donors (Lipinski definition) is 1. The highest BCUT2D eigenvalue weighted by Crippen LogP contribution is 2.39. The van der Waals surface area contributed by atoms with Gasteiger partial charge >= 0.3 is 0 Å². The molecule has 0 bridgehead atoms. The summed E-state index contributed by atoms with van der Waals surface area (Å²) in [5.41, 5.74) is 1.53. The minimum Gasteiger partial charge on any atom is -0.385 e. The molecule has 0 aromatic carbocycles. The third-order valence-electron chi connectivity index (χ3n) is 2.81. The lowest BCUT2D eigenvalue weighted by Crippen LogP contribution is -2.24. The van der Waals surface area contributed by atoms with Gasteiger partial charge in [0.25, 0.3) is 0 Å². The number of aliphatic hydroxyl groups excluding tert-OH is 1. The fourth-order valence-electron chi connectivity index (χ4n) is 2.49. The summed E-state index contributed by atoms with van der Waals surface area (Å²) in [6.45, 7) is 8.72. The zero-order chi connectivity index (χ0) is 10.8. The molecular weight excluding hydrogens is 172 g/mol. The summed E-state index contributed by atoms with van der Waals surface area (Å²) < 4.78 is 0. The van der Waals surface area contributed by atoms with Crippen molar-refractivity contribution in [1.82, 2.24) is 0 Å². The molecule has 1 N–H and O–H groups in total. The number of aliphatic hydroxyl groups is 1. The Labute approximate surface area is 87.5 Å². The first-order chi connectivity index (χ1) is 6.44. The second-order valence-electron chi connectivity index (χ2n) is 5.23. The Morgan fingerprint density at radius 1 is 1.57 bits per heavy atom. The second kappa shape index (κ2) is 4.31. The van der Waals surface area contributed by atoms with Crippen LogP contribution in [0.4, 0.5) is 0 Å². The van der Waals surface area contributed by atoms with Crippen molar-refractivity contribution in [1.29, 1.82) is 0 Å². The summed E-state index contributed by atoms with van der Waals surface area (Å²) in [5.74, 6) is 0.591. The first-order valence-corrected chi connectivity index (χ1v) is 5.46. The van der Waals surface area contributed by atoms with Crippen LogP contribution in [0.1, 0.15) is 40.5 Å². The summed E-state index contributed by atoms with van der Waals surface area (Å²) in [6, 6.07) is 0. The lowest BCUT2D eigenvalue weighted by atomic mass is 9.72. The van der Waals surface area contributed by atoms with E-state index in [0.717, 1.165) is 6.42 Å². The molecule has 1 rings (SSSR count). The van der Waals surface area contributed by atoms with E-state index in [4.69, 9.17) is 0 Å². The van der Waals surface area contributed by atoms with Crippen molar-refractivity contribution in [3.8, 4) is 0 Å². The molecule has 1 nitrogen and oxygen atoms in total. The summed E-state index contributed by atoms with van der Waals surface area (Å²) >= 11 is 0. The smallest absolute Gasteiger partial charge is 0.0932 e. The van der Waals surface area contributed by atoms with Crippen molar-refractivity contribution in [3.63, 3.8) is 0 Å². The normalized spacial score (nSPS) is 28.9. The van der Waals surface area contributed by atoms with Gasteiger partial charge in [-0.15, -0.1) is 0 Å². The molecule has 0 aliphatic heterocycles. The van der Waals surface area contributed by atoms with Gasteiger partial charge < -0.3 is 5.11 Å². The Balaban J connectivity index is 2.78. The average molecular weight is 194 g/mol. The van der Waals surface area contributed by atoms with Crippen LogP contribution >= 0.6 is 0 Å². The van der Waals surface area contributed by atoms with E-state index in [1.165, 1.54) is 12.0 Å². The number of hydrogen-bond acceptors (Lipinski definition) is 1. The molecule has 0 saturated carbocycles. The van der Waals surface area contributed by atoms with Crippen molar-refractivity contribution >= 4 is 0 Å².